The number of ether oxygens (including phenoxy) is 4. The zero-order chi connectivity index (χ0) is 43.4. The average Bonchev–Trinajstić information content (AvgIpc) is 3.23. The highest BCUT2D eigenvalue weighted by Gasteiger charge is 2.07. The Bertz CT molecular complexity index is 1310. The Morgan fingerprint density at radius 3 is 1.32 bits per heavy atom. The van der Waals surface area contributed by atoms with E-state index in [1.165, 1.54) is 64.2 Å². The SMILES string of the molecule is CCC=CCC=CCC=CCCCCCCCC(=O)OCCCCOc1cc(CN(C)C)cc(OCCCCOC(=O)CCCCCCCC=CCC=CCCCCC)c1. The third kappa shape index (κ3) is 37.4. The molecule has 0 bridgehead atoms. The number of benzene rings is 1. The molecule has 0 unspecified atom stereocenters. The van der Waals surface area contributed by atoms with Crippen LogP contribution in [0.15, 0.2) is 79.0 Å². The number of rotatable bonds is 41. The van der Waals surface area contributed by atoms with Gasteiger partial charge in [-0.3, -0.25) is 9.59 Å². The van der Waals surface area contributed by atoms with E-state index in [2.05, 4.69) is 91.6 Å². The number of nitrogens with zero attached hydrogens (tertiary/aromatic N) is 1. The quantitative estimate of drug-likeness (QED) is 0.0369. The Kier molecular flexibility index (Phi) is 38.2. The summed E-state index contributed by atoms with van der Waals surface area (Å²) in [5, 5.41) is 0. The molecule has 1 rings (SSSR count). The van der Waals surface area contributed by atoms with E-state index < -0.39 is 0 Å². The van der Waals surface area contributed by atoms with E-state index >= 15 is 0 Å². The fraction of sp³-hybridized carbons (Fsp3) is 0.660. The van der Waals surface area contributed by atoms with Gasteiger partial charge in [0.05, 0.1) is 26.4 Å². The zero-order valence-electron chi connectivity index (χ0n) is 38.8. The molecule has 0 aliphatic heterocycles. The smallest absolute Gasteiger partial charge is 0.305 e. The highest BCUT2D eigenvalue weighted by molar-refractivity contribution is 5.69. The molecule has 7 nitrogen and oxygen atoms in total. The maximum atomic E-state index is 12.2. The van der Waals surface area contributed by atoms with Gasteiger partial charge in [0.2, 0.25) is 0 Å². The molecule has 7 heteroatoms. The molecule has 0 aliphatic carbocycles. The molecule has 0 saturated heterocycles. The molecule has 0 radical (unpaired) electrons. The number of unbranched alkanes of at least 4 members (excludes halogenated alkanes) is 15. The minimum absolute atomic E-state index is 0.0933. The summed E-state index contributed by atoms with van der Waals surface area (Å²) in [6.45, 7) is 7.14. The number of esters is 2. The van der Waals surface area contributed by atoms with Crippen molar-refractivity contribution in [2.24, 2.45) is 0 Å². The highest BCUT2D eigenvalue weighted by Crippen LogP contribution is 2.24. The lowest BCUT2D eigenvalue weighted by atomic mass is 10.1. The van der Waals surface area contributed by atoms with Gasteiger partial charge in [-0.2, -0.15) is 0 Å². The Labute approximate surface area is 368 Å². The number of carbonyl (C=O) groups is 2. The molecule has 0 saturated carbocycles. The lowest BCUT2D eigenvalue weighted by Crippen LogP contribution is -2.11. The molecule has 1 aromatic rings. The molecule has 1 aromatic carbocycles. The van der Waals surface area contributed by atoms with Crippen LogP contribution in [-0.4, -0.2) is 57.4 Å². The molecule has 0 amide bonds. The van der Waals surface area contributed by atoms with Gasteiger partial charge >= 0.3 is 11.9 Å². The van der Waals surface area contributed by atoms with Crippen LogP contribution in [-0.2, 0) is 25.6 Å². The summed E-state index contributed by atoms with van der Waals surface area (Å²) >= 11 is 0. The predicted molar refractivity (Wildman–Crippen MR) is 254 cm³/mol. The highest BCUT2D eigenvalue weighted by atomic mass is 16.5. The maximum Gasteiger partial charge on any atom is 0.305 e. The molecule has 0 atom stereocenters. The monoisotopic (exact) mass is 834 g/mol. The van der Waals surface area contributed by atoms with Crippen molar-refractivity contribution in [1.29, 1.82) is 0 Å². The Morgan fingerprint density at radius 1 is 0.467 bits per heavy atom. The van der Waals surface area contributed by atoms with Crippen molar-refractivity contribution in [3.8, 4) is 11.5 Å². The summed E-state index contributed by atoms with van der Waals surface area (Å²) in [6.07, 6.45) is 49.5. The molecular formula is C53H87NO6. The number of hydrogen-bond acceptors (Lipinski definition) is 7. The first-order valence-electron chi connectivity index (χ1n) is 24.0. The topological polar surface area (TPSA) is 74.3 Å². The summed E-state index contributed by atoms with van der Waals surface area (Å²) in [7, 11) is 4.09. The van der Waals surface area contributed by atoms with Crippen molar-refractivity contribution >= 4 is 11.9 Å². The number of allylic oxidation sites excluding steroid dienone is 10. The van der Waals surface area contributed by atoms with Crippen LogP contribution < -0.4 is 9.47 Å². The first kappa shape index (κ1) is 54.4. The van der Waals surface area contributed by atoms with Gasteiger partial charge in [-0.05, 0) is 135 Å². The average molecular weight is 834 g/mol. The van der Waals surface area contributed by atoms with Crippen molar-refractivity contribution < 1.29 is 28.5 Å². The van der Waals surface area contributed by atoms with Crippen molar-refractivity contribution in [2.45, 2.75) is 187 Å². The summed E-state index contributed by atoms with van der Waals surface area (Å²) in [5.41, 5.74) is 1.12. The first-order chi connectivity index (χ1) is 29.4. The zero-order valence-corrected chi connectivity index (χ0v) is 38.8. The van der Waals surface area contributed by atoms with Crippen LogP contribution in [0.25, 0.3) is 0 Å². The van der Waals surface area contributed by atoms with E-state index in [0.29, 0.717) is 39.3 Å². The molecule has 0 N–H and O–H groups in total. The standard InChI is InChI=1S/C53H87NO6/c1-5-7-9-11-13-15-17-19-21-23-25-27-29-31-33-39-52(55)59-43-37-35-41-57-50-45-49(48-54(3)4)46-51(47-50)58-42-36-38-44-60-53(56)40-34-32-30-28-26-24-22-20-18-16-14-12-10-8-6-2/h7,9,13-16,19-22,45-47H,5-6,8,10-12,17-18,23-44,48H2,1-4H3. The van der Waals surface area contributed by atoms with Crippen molar-refractivity contribution in [2.75, 3.05) is 40.5 Å². The summed E-state index contributed by atoms with van der Waals surface area (Å²) < 4.78 is 23.1. The lowest BCUT2D eigenvalue weighted by Gasteiger charge is -2.15. The third-order valence-electron chi connectivity index (χ3n) is 9.94. The van der Waals surface area contributed by atoms with E-state index in [9.17, 15) is 9.59 Å². The van der Waals surface area contributed by atoms with Crippen LogP contribution in [0.3, 0.4) is 0 Å². The molecule has 0 aromatic heterocycles. The van der Waals surface area contributed by atoms with Gasteiger partial charge in [0, 0.05) is 25.5 Å². The van der Waals surface area contributed by atoms with Gasteiger partial charge in [0.1, 0.15) is 11.5 Å². The largest absolute Gasteiger partial charge is 0.493 e. The second-order valence-corrected chi connectivity index (χ2v) is 16.2. The Morgan fingerprint density at radius 2 is 0.867 bits per heavy atom. The van der Waals surface area contributed by atoms with Crippen LogP contribution in [0.5, 0.6) is 11.5 Å². The van der Waals surface area contributed by atoms with Crippen molar-refractivity contribution in [3.05, 3.63) is 84.5 Å². The van der Waals surface area contributed by atoms with Gasteiger partial charge in [-0.25, -0.2) is 0 Å². The molecule has 0 heterocycles. The Balaban J connectivity index is 2.10. The van der Waals surface area contributed by atoms with Gasteiger partial charge in [0.15, 0.2) is 0 Å². The number of hydrogen-bond donors (Lipinski definition) is 0. The first-order valence-corrected chi connectivity index (χ1v) is 24.0. The predicted octanol–water partition coefficient (Wildman–Crippen LogP) is 14.6. The van der Waals surface area contributed by atoms with Crippen molar-refractivity contribution in [1.82, 2.24) is 4.90 Å². The Hall–Kier alpha value is -3.58. The summed E-state index contributed by atoms with van der Waals surface area (Å²) in [5.74, 6) is 1.37. The fourth-order valence-electron chi connectivity index (χ4n) is 6.53. The fourth-order valence-corrected chi connectivity index (χ4v) is 6.53. The van der Waals surface area contributed by atoms with Crippen molar-refractivity contribution in [3.63, 3.8) is 0 Å². The van der Waals surface area contributed by atoms with Gasteiger partial charge in [-0.15, -0.1) is 0 Å². The van der Waals surface area contributed by atoms with Crippen LogP contribution in [0.4, 0.5) is 0 Å². The number of carbonyl (C=O) groups excluding carboxylic acids is 2. The van der Waals surface area contributed by atoms with Crippen LogP contribution >= 0.6 is 0 Å². The molecule has 0 fully saturated rings. The summed E-state index contributed by atoms with van der Waals surface area (Å²) in [4.78, 5) is 26.5. The maximum absolute atomic E-state index is 12.2. The van der Waals surface area contributed by atoms with E-state index in [1.54, 1.807) is 0 Å². The second-order valence-electron chi connectivity index (χ2n) is 16.2. The lowest BCUT2D eigenvalue weighted by molar-refractivity contribution is -0.144. The van der Waals surface area contributed by atoms with Gasteiger partial charge < -0.3 is 23.8 Å². The van der Waals surface area contributed by atoms with E-state index in [1.807, 2.05) is 20.2 Å². The minimum Gasteiger partial charge on any atom is -0.493 e. The summed E-state index contributed by atoms with van der Waals surface area (Å²) in [6, 6.07) is 6.06. The van der Waals surface area contributed by atoms with Crippen LogP contribution in [0.2, 0.25) is 0 Å². The van der Waals surface area contributed by atoms with Crippen LogP contribution in [0.1, 0.15) is 186 Å². The molecular weight excluding hydrogens is 747 g/mol. The van der Waals surface area contributed by atoms with Gasteiger partial charge in [-0.1, -0.05) is 126 Å². The third-order valence-corrected chi connectivity index (χ3v) is 9.94. The van der Waals surface area contributed by atoms with E-state index in [-0.39, 0.29) is 11.9 Å². The minimum atomic E-state index is -0.0964. The molecule has 60 heavy (non-hydrogen) atoms. The normalized spacial score (nSPS) is 12.0. The molecule has 0 aliphatic rings. The molecule has 340 valence electrons. The van der Waals surface area contributed by atoms with Crippen LogP contribution in [0, 0.1) is 0 Å². The van der Waals surface area contributed by atoms with Gasteiger partial charge in [0.25, 0.3) is 0 Å². The molecule has 0 spiro atoms. The second kappa shape index (κ2) is 42.1. The van der Waals surface area contributed by atoms with E-state index in [4.69, 9.17) is 18.9 Å². The van der Waals surface area contributed by atoms with E-state index in [0.717, 1.165) is 113 Å².